The second-order valence-electron chi connectivity index (χ2n) is 16.3. The van der Waals surface area contributed by atoms with Gasteiger partial charge in [0.05, 0.1) is 5.57 Å². The van der Waals surface area contributed by atoms with E-state index in [2.05, 4.69) is 40.7 Å². The van der Waals surface area contributed by atoms with E-state index in [0.717, 1.165) is 56.9 Å². The minimum Gasteiger partial charge on any atom is -0.295 e. The number of nitroso groups, excluding NO2 is 1. The molecule has 5 heteroatoms. The van der Waals surface area contributed by atoms with Crippen LogP contribution in [-0.4, -0.2) is 27.9 Å². The molecule has 0 spiro atoms. The molecule has 5 aliphatic rings. The third-order valence-corrected chi connectivity index (χ3v) is 12.9. The first kappa shape index (κ1) is 28.4. The van der Waals surface area contributed by atoms with Crippen molar-refractivity contribution >= 4 is 11.6 Å². The van der Waals surface area contributed by atoms with Crippen LogP contribution in [0.3, 0.4) is 0 Å². The second-order valence-corrected chi connectivity index (χ2v) is 16.3. The molecule has 0 aromatic rings. The number of hydrogen-bond donors (Lipinski definition) is 0. The van der Waals surface area contributed by atoms with Crippen LogP contribution in [0.1, 0.15) is 114 Å². The van der Waals surface area contributed by atoms with Gasteiger partial charge in [0.25, 0.3) is 0 Å². The Balaban J connectivity index is 1.71. The molecule has 212 valence electrons. The zero-order chi connectivity index (χ0) is 29.0. The molecule has 0 saturated heterocycles. The molecule has 3 fully saturated rings. The highest BCUT2D eigenvalue weighted by Crippen LogP contribution is 2.71. The fourth-order valence-corrected chi connectivity index (χ4v) is 10.3. The maximum atomic E-state index is 14.5. The Bertz CT molecular complexity index is 1250. The number of ketones is 2. The highest BCUT2D eigenvalue weighted by Gasteiger charge is 2.72. The maximum Gasteiger partial charge on any atom is 0.214 e. The van der Waals surface area contributed by atoms with Crippen LogP contribution in [-0.2, 0) is 9.59 Å². The summed E-state index contributed by atoms with van der Waals surface area (Å²) in [5.41, 5.74) is -0.751. The van der Waals surface area contributed by atoms with Gasteiger partial charge in [-0.25, -0.2) is 0 Å². The summed E-state index contributed by atoms with van der Waals surface area (Å²) in [7, 11) is 0. The monoisotopic (exact) mass is 533 g/mol. The summed E-state index contributed by atoms with van der Waals surface area (Å²) in [6.45, 7) is 19.5. The van der Waals surface area contributed by atoms with Gasteiger partial charge in [0.2, 0.25) is 5.54 Å². The second kappa shape index (κ2) is 8.46. The van der Waals surface area contributed by atoms with Crippen molar-refractivity contribution in [1.29, 1.82) is 5.26 Å². The van der Waals surface area contributed by atoms with Gasteiger partial charge in [0.15, 0.2) is 17.6 Å². The van der Waals surface area contributed by atoms with E-state index >= 15 is 0 Å². The number of nitriles is 1. The average molecular weight is 534 g/mol. The van der Waals surface area contributed by atoms with Gasteiger partial charge in [-0.3, -0.25) is 9.59 Å². The van der Waals surface area contributed by atoms with Gasteiger partial charge in [-0.1, -0.05) is 60.1 Å². The van der Waals surface area contributed by atoms with Gasteiger partial charge in [-0.15, -0.1) is 0 Å². The maximum absolute atomic E-state index is 14.5. The summed E-state index contributed by atoms with van der Waals surface area (Å²) in [6, 6.07) is 2.11. The molecule has 2 bridgehead atoms. The summed E-state index contributed by atoms with van der Waals surface area (Å²) in [5, 5.41) is 10.0. The normalized spacial score (nSPS) is 44.5. The Morgan fingerprint density at radius 1 is 0.949 bits per heavy atom. The molecule has 7 atom stereocenters. The SMILES string of the molecule is CC(C)[N+](=O)[C@]12CCC(C)(C)C[C@H]1[C@H]1C(=O)C=C3[C@@]4(C)C=C(C#N)C(=O)C(C)(C)[C@@H](CC[C@@]3(C)[C@]1(C)CC2)C4. The van der Waals surface area contributed by atoms with E-state index in [-0.39, 0.29) is 57.2 Å². The van der Waals surface area contributed by atoms with Crippen LogP contribution in [0.25, 0.3) is 0 Å². The number of carbonyl (C=O) groups is 2. The molecule has 5 rings (SSSR count). The molecular formula is C34H49N2O3+. The molecule has 39 heavy (non-hydrogen) atoms. The van der Waals surface area contributed by atoms with Crippen LogP contribution >= 0.6 is 0 Å². The topological polar surface area (TPSA) is 78.0 Å². The molecule has 0 amide bonds. The Morgan fingerprint density at radius 3 is 2.21 bits per heavy atom. The number of fused-ring (bicyclic) bond motifs is 8. The lowest BCUT2D eigenvalue weighted by molar-refractivity contribution is -0.673. The molecule has 0 heterocycles. The minimum absolute atomic E-state index is 0.0171. The lowest BCUT2D eigenvalue weighted by Gasteiger charge is -2.63. The van der Waals surface area contributed by atoms with Crippen LogP contribution in [0.4, 0.5) is 0 Å². The molecule has 0 aromatic carbocycles. The van der Waals surface area contributed by atoms with Crippen molar-refractivity contribution in [2.75, 3.05) is 0 Å². The third-order valence-electron chi connectivity index (χ3n) is 12.9. The van der Waals surface area contributed by atoms with Gasteiger partial charge in [-0.2, -0.15) is 5.26 Å². The standard InChI is InChI=1S/C34H49N2O3/c1-21(2)36(39)34-14-12-29(3,4)19-24(34)27-25(37)16-26-31(7)17-22(20-35)28(38)30(5,6)23(18-31)10-11-32(26,8)33(27,9)13-15-34/h16-17,21,23-24,27H,10-15,18-19H2,1-9H3/q+1/t23-,24-,27-,31-,32+,33+,34-/m0/s1. The first-order valence-electron chi connectivity index (χ1n) is 15.3. The molecule has 5 aliphatic carbocycles. The third kappa shape index (κ3) is 3.68. The van der Waals surface area contributed by atoms with E-state index in [1.165, 1.54) is 4.76 Å². The largest absolute Gasteiger partial charge is 0.295 e. The van der Waals surface area contributed by atoms with Crippen LogP contribution in [0.15, 0.2) is 23.3 Å². The molecular weight excluding hydrogens is 484 g/mol. The highest BCUT2D eigenvalue weighted by atomic mass is 16.3. The zero-order valence-electron chi connectivity index (χ0n) is 25.7. The van der Waals surface area contributed by atoms with Crippen molar-refractivity contribution in [2.45, 2.75) is 125 Å². The predicted molar refractivity (Wildman–Crippen MR) is 153 cm³/mol. The Morgan fingerprint density at radius 2 is 1.59 bits per heavy atom. The van der Waals surface area contributed by atoms with Crippen molar-refractivity contribution in [3.8, 4) is 6.07 Å². The van der Waals surface area contributed by atoms with E-state index in [1.807, 2.05) is 39.8 Å². The molecule has 0 N–H and O–H groups in total. The van der Waals surface area contributed by atoms with Gasteiger partial charge >= 0.3 is 0 Å². The summed E-state index contributed by atoms with van der Waals surface area (Å²) < 4.78 is 1.38. The molecule has 0 radical (unpaired) electrons. The number of carbonyl (C=O) groups excluding carboxylic acids is 2. The number of nitrogens with zero attached hydrogens (tertiary/aromatic N) is 2. The van der Waals surface area contributed by atoms with Crippen molar-refractivity contribution in [3.63, 3.8) is 0 Å². The number of hydrogen-bond acceptors (Lipinski definition) is 4. The molecule has 0 aromatic heterocycles. The van der Waals surface area contributed by atoms with Crippen molar-refractivity contribution in [1.82, 2.24) is 0 Å². The number of Topliss-reactive ketones (excluding diaryl/α,β-unsaturated/α-hetero) is 1. The first-order valence-corrected chi connectivity index (χ1v) is 15.3. The smallest absolute Gasteiger partial charge is 0.214 e. The van der Waals surface area contributed by atoms with Gasteiger partial charge in [0.1, 0.15) is 6.07 Å². The van der Waals surface area contributed by atoms with Crippen LogP contribution < -0.4 is 0 Å². The van der Waals surface area contributed by atoms with Crippen molar-refractivity contribution in [3.05, 3.63) is 28.2 Å². The van der Waals surface area contributed by atoms with Crippen LogP contribution in [0, 0.1) is 61.1 Å². The Kier molecular flexibility index (Phi) is 6.17. The molecule has 5 nitrogen and oxygen atoms in total. The Labute approximate surface area is 235 Å². The van der Waals surface area contributed by atoms with E-state index in [1.54, 1.807) is 0 Å². The van der Waals surface area contributed by atoms with E-state index < -0.39 is 16.4 Å². The lowest BCUT2D eigenvalue weighted by Crippen LogP contribution is -2.67. The van der Waals surface area contributed by atoms with E-state index in [0.29, 0.717) is 0 Å². The average Bonchev–Trinajstić information content (AvgIpc) is 3.01. The van der Waals surface area contributed by atoms with Crippen LogP contribution in [0.5, 0.6) is 0 Å². The summed E-state index contributed by atoms with van der Waals surface area (Å²) >= 11 is 0. The van der Waals surface area contributed by atoms with Crippen molar-refractivity contribution < 1.29 is 14.3 Å². The summed E-state index contributed by atoms with van der Waals surface area (Å²) in [4.78, 5) is 41.9. The minimum atomic E-state index is -0.622. The van der Waals surface area contributed by atoms with Gasteiger partial charge < -0.3 is 0 Å². The number of allylic oxidation sites excluding steroid dienone is 4. The zero-order valence-corrected chi connectivity index (χ0v) is 25.7. The highest BCUT2D eigenvalue weighted by molar-refractivity contribution is 6.03. The van der Waals surface area contributed by atoms with Crippen molar-refractivity contribution in [2.24, 2.45) is 44.8 Å². The fourth-order valence-electron chi connectivity index (χ4n) is 10.3. The van der Waals surface area contributed by atoms with Gasteiger partial charge in [0, 0.05) is 59.0 Å². The predicted octanol–water partition coefficient (Wildman–Crippen LogP) is 7.54. The first-order chi connectivity index (χ1) is 17.9. The van der Waals surface area contributed by atoms with Gasteiger partial charge in [-0.05, 0) is 66.8 Å². The number of rotatable bonds is 2. The van der Waals surface area contributed by atoms with E-state index in [4.69, 9.17) is 0 Å². The fraction of sp³-hybridized carbons (Fsp3) is 0.794. The molecule has 0 aliphatic heterocycles. The van der Waals surface area contributed by atoms with Crippen LogP contribution in [0.2, 0.25) is 0 Å². The summed E-state index contributed by atoms with van der Waals surface area (Å²) in [5.74, 6) is 0.0450. The Hall–Kier alpha value is -2.09. The molecule has 0 unspecified atom stereocenters. The lowest BCUT2D eigenvalue weighted by atomic mass is 9.39. The molecule has 3 saturated carbocycles. The summed E-state index contributed by atoms with van der Waals surface area (Å²) in [6.07, 6.45) is 10.9. The quantitative estimate of drug-likeness (QED) is 0.344. The van der Waals surface area contributed by atoms with E-state index in [9.17, 15) is 19.8 Å².